The van der Waals surface area contributed by atoms with Crippen molar-refractivity contribution < 1.29 is 4.39 Å². The van der Waals surface area contributed by atoms with E-state index in [4.69, 9.17) is 11.6 Å². The van der Waals surface area contributed by atoms with E-state index in [-0.39, 0.29) is 11.5 Å². The molecule has 1 atom stereocenters. The minimum Gasteiger partial charge on any atom is -0.383 e. The molecule has 10 heteroatoms. The first-order valence-corrected chi connectivity index (χ1v) is 11.6. The Morgan fingerprint density at radius 3 is 2.69 bits per heavy atom. The predicted octanol–water partition coefficient (Wildman–Crippen LogP) is 5.01. The first-order chi connectivity index (χ1) is 16.6. The van der Waals surface area contributed by atoms with Crippen molar-refractivity contribution >= 4 is 33.9 Å². The average Bonchev–Trinajstić information content (AvgIpc) is 3.21. The highest BCUT2D eigenvalue weighted by Crippen LogP contribution is 2.36. The normalized spacial score (nSPS) is 14.3. The summed E-state index contributed by atoms with van der Waals surface area (Å²) in [5, 5.41) is 19.6. The van der Waals surface area contributed by atoms with Crippen molar-refractivity contribution in [3.63, 3.8) is 0 Å². The summed E-state index contributed by atoms with van der Waals surface area (Å²) in [4.78, 5) is 8.43. The zero-order valence-corrected chi connectivity index (χ0v) is 21.0. The van der Waals surface area contributed by atoms with Crippen LogP contribution in [0, 0.1) is 29.6 Å². The van der Waals surface area contributed by atoms with E-state index in [9.17, 15) is 9.65 Å². The number of hydrazine groups is 2. The van der Waals surface area contributed by atoms with Crippen LogP contribution in [-0.2, 0) is 0 Å². The Hall–Kier alpha value is -3.61. The van der Waals surface area contributed by atoms with Crippen molar-refractivity contribution in [2.24, 2.45) is 5.41 Å². The van der Waals surface area contributed by atoms with Crippen molar-refractivity contribution in [3.8, 4) is 6.07 Å². The summed E-state index contributed by atoms with van der Waals surface area (Å²) in [6.45, 7) is 8.78. The number of aromatic nitrogens is 2. The molecule has 1 aliphatic heterocycles. The van der Waals surface area contributed by atoms with Gasteiger partial charge in [-0.3, -0.25) is 9.99 Å². The number of nitrogens with one attached hydrogen (secondary N) is 4. The van der Waals surface area contributed by atoms with Gasteiger partial charge in [0.2, 0.25) is 5.95 Å². The Bertz CT molecular complexity index is 1340. The van der Waals surface area contributed by atoms with Crippen LogP contribution in [0.2, 0.25) is 5.02 Å². The van der Waals surface area contributed by atoms with Crippen LogP contribution < -0.4 is 21.6 Å². The highest BCUT2D eigenvalue weighted by atomic mass is 35.5. The second-order valence-electron chi connectivity index (χ2n) is 9.75. The van der Waals surface area contributed by atoms with Gasteiger partial charge in [-0.25, -0.2) is 4.98 Å². The third-order valence-electron chi connectivity index (χ3n) is 5.58. The van der Waals surface area contributed by atoms with E-state index in [1.807, 2.05) is 19.3 Å². The van der Waals surface area contributed by atoms with Crippen molar-refractivity contribution in [1.29, 1.82) is 5.26 Å². The van der Waals surface area contributed by atoms with Crippen molar-refractivity contribution in [1.82, 2.24) is 25.9 Å². The van der Waals surface area contributed by atoms with E-state index in [1.54, 1.807) is 24.1 Å². The van der Waals surface area contributed by atoms with Crippen LogP contribution in [0.3, 0.4) is 0 Å². The number of pyridine rings is 2. The maximum absolute atomic E-state index is 13.7. The van der Waals surface area contributed by atoms with Crippen LogP contribution in [-0.4, -0.2) is 28.6 Å². The molecule has 0 saturated carbocycles. The average molecular weight is 495 g/mol. The molecule has 1 aliphatic rings. The minimum absolute atomic E-state index is 0.000175. The maximum atomic E-state index is 13.7. The van der Waals surface area contributed by atoms with Gasteiger partial charge in [-0.2, -0.15) is 9.65 Å². The summed E-state index contributed by atoms with van der Waals surface area (Å²) in [6, 6.07) is 8.62. The molecule has 3 heterocycles. The summed E-state index contributed by atoms with van der Waals surface area (Å²) in [5.41, 5.74) is 10.8. The van der Waals surface area contributed by atoms with Gasteiger partial charge in [-0.05, 0) is 30.5 Å². The fourth-order valence-corrected chi connectivity index (χ4v) is 4.15. The van der Waals surface area contributed by atoms with Crippen LogP contribution in [0.5, 0.6) is 0 Å². The number of halogens is 2. The molecule has 2 aromatic heterocycles. The highest BCUT2D eigenvalue weighted by Gasteiger charge is 2.24. The molecule has 0 saturated heterocycles. The molecule has 35 heavy (non-hydrogen) atoms. The number of aryl methyl sites for hydroxylation is 1. The van der Waals surface area contributed by atoms with Gasteiger partial charge in [0.1, 0.15) is 6.07 Å². The van der Waals surface area contributed by atoms with Crippen LogP contribution in [0.4, 0.5) is 15.8 Å². The van der Waals surface area contributed by atoms with Gasteiger partial charge in [0.15, 0.2) is 0 Å². The molecule has 0 spiro atoms. The number of nitrogens with zero attached hydrogens (tertiary/aromatic N) is 4. The lowest BCUT2D eigenvalue weighted by Crippen LogP contribution is -2.35. The molecule has 0 bridgehead atoms. The van der Waals surface area contributed by atoms with Crippen molar-refractivity contribution in [3.05, 3.63) is 70.2 Å². The Kier molecular flexibility index (Phi) is 6.70. The SMILES string of the molecule is Cc1nc(F)ccc1[C@H](Nc1cc(Cl)c2ncc(C#N)c(NCC(C)(C)C)c2c1)C1=CN(C)NN1. The molecule has 4 N–H and O–H groups in total. The van der Waals surface area contributed by atoms with E-state index in [2.05, 4.69) is 58.4 Å². The number of hydrogen-bond acceptors (Lipinski definition) is 8. The molecule has 0 aliphatic carbocycles. The Morgan fingerprint density at radius 1 is 1.29 bits per heavy atom. The zero-order valence-electron chi connectivity index (χ0n) is 20.3. The second-order valence-corrected chi connectivity index (χ2v) is 10.2. The second kappa shape index (κ2) is 9.56. The fourth-order valence-electron chi connectivity index (χ4n) is 3.88. The molecule has 8 nitrogen and oxygen atoms in total. The van der Waals surface area contributed by atoms with E-state index in [0.29, 0.717) is 39.7 Å². The van der Waals surface area contributed by atoms with Gasteiger partial charge in [0.25, 0.3) is 0 Å². The molecule has 0 unspecified atom stereocenters. The van der Waals surface area contributed by atoms with Crippen molar-refractivity contribution in [2.75, 3.05) is 24.2 Å². The monoisotopic (exact) mass is 494 g/mol. The molecule has 182 valence electrons. The van der Waals surface area contributed by atoms with Crippen molar-refractivity contribution in [2.45, 2.75) is 33.7 Å². The Balaban J connectivity index is 1.81. The Morgan fingerprint density at radius 2 is 2.06 bits per heavy atom. The largest absolute Gasteiger partial charge is 0.383 e. The number of fused-ring (bicyclic) bond motifs is 1. The lowest BCUT2D eigenvalue weighted by Gasteiger charge is -2.24. The number of rotatable bonds is 6. The van der Waals surface area contributed by atoms with Gasteiger partial charge in [-0.15, -0.1) is 5.53 Å². The van der Waals surface area contributed by atoms with Crippen LogP contribution >= 0.6 is 11.6 Å². The fraction of sp³-hybridized carbons (Fsp3) is 0.320. The number of nitriles is 1. The molecule has 1 aromatic carbocycles. The topological polar surface area (TPSA) is 101 Å². The molecular formula is C25H28ClFN8. The van der Waals surface area contributed by atoms with Crippen LogP contribution in [0.1, 0.15) is 43.6 Å². The first kappa shape index (κ1) is 24.5. The van der Waals surface area contributed by atoms with Gasteiger partial charge in [0, 0.05) is 48.3 Å². The lowest BCUT2D eigenvalue weighted by atomic mass is 9.96. The van der Waals surface area contributed by atoms with Gasteiger partial charge < -0.3 is 16.1 Å². The van der Waals surface area contributed by atoms with E-state index < -0.39 is 5.95 Å². The summed E-state index contributed by atoms with van der Waals surface area (Å²) in [5.74, 6) is -0.535. The first-order valence-electron chi connectivity index (χ1n) is 11.2. The van der Waals surface area contributed by atoms with Gasteiger partial charge in [0.05, 0.1) is 33.5 Å². The summed E-state index contributed by atoms with van der Waals surface area (Å²) in [7, 11) is 1.86. The minimum atomic E-state index is -0.535. The molecule has 4 rings (SSSR count). The molecule has 3 aromatic rings. The number of anilines is 2. The molecule has 0 fully saturated rings. The molecule has 0 radical (unpaired) electrons. The van der Waals surface area contributed by atoms with Gasteiger partial charge >= 0.3 is 0 Å². The summed E-state index contributed by atoms with van der Waals surface area (Å²) in [6.07, 6.45) is 3.44. The molecular weight excluding hydrogens is 467 g/mol. The predicted molar refractivity (Wildman–Crippen MR) is 137 cm³/mol. The highest BCUT2D eigenvalue weighted by molar-refractivity contribution is 6.35. The Labute approximate surface area is 209 Å². The third-order valence-corrected chi connectivity index (χ3v) is 5.86. The van der Waals surface area contributed by atoms with Gasteiger partial charge in [-0.1, -0.05) is 38.4 Å². The number of benzene rings is 1. The third kappa shape index (κ3) is 5.39. The summed E-state index contributed by atoms with van der Waals surface area (Å²) >= 11 is 6.66. The quantitative estimate of drug-likeness (QED) is 0.355. The molecule has 0 amide bonds. The smallest absolute Gasteiger partial charge is 0.213 e. The lowest BCUT2D eigenvalue weighted by molar-refractivity contribution is 0.326. The van der Waals surface area contributed by atoms with Crippen LogP contribution in [0.25, 0.3) is 10.9 Å². The van der Waals surface area contributed by atoms with E-state index in [1.165, 1.54) is 12.3 Å². The van der Waals surface area contributed by atoms with E-state index in [0.717, 1.165) is 16.6 Å². The standard InChI is InChI=1S/C25H28ClFN8/c1-14-17(6-7-21(27)31-14)24(20-12-35(5)34-33-20)32-16-8-18-22(30-13-25(2,3)4)15(10-28)11-29-23(18)19(26)9-16/h6-9,11-12,24,32-34H,13H2,1-5H3,(H,29,30)/t24-/m0/s1. The maximum Gasteiger partial charge on any atom is 0.213 e. The zero-order chi connectivity index (χ0) is 25.3. The van der Waals surface area contributed by atoms with E-state index >= 15 is 0 Å². The van der Waals surface area contributed by atoms with Crippen LogP contribution in [0.15, 0.2) is 42.4 Å². The summed E-state index contributed by atoms with van der Waals surface area (Å²) < 4.78 is 13.7. The number of hydrogen-bond donors (Lipinski definition) is 4.